The monoisotopic (exact) mass is 211 g/mol. The maximum Gasteiger partial charge on any atom is 0.230 e. The Labute approximate surface area is 92.8 Å². The van der Waals surface area contributed by atoms with Crippen LogP contribution in [0.15, 0.2) is 54.0 Å². The van der Waals surface area contributed by atoms with E-state index in [1.807, 2.05) is 18.2 Å². The lowest BCUT2D eigenvalue weighted by molar-refractivity contribution is 0.104. The molecule has 1 aliphatic heterocycles. The van der Waals surface area contributed by atoms with Crippen LogP contribution < -0.4 is 4.74 Å². The Hall–Kier alpha value is -2.16. The van der Waals surface area contributed by atoms with E-state index in [1.54, 1.807) is 24.4 Å². The van der Waals surface area contributed by atoms with Crippen LogP contribution in [-0.4, -0.2) is 10.8 Å². The molecule has 0 amide bonds. The zero-order valence-corrected chi connectivity index (χ0v) is 8.51. The minimum absolute atomic E-state index is 0.0446. The summed E-state index contributed by atoms with van der Waals surface area (Å²) in [6, 6.07) is 3.47. The average molecular weight is 211 g/mol. The molecule has 0 saturated carbocycles. The summed E-state index contributed by atoms with van der Waals surface area (Å²) < 4.78 is 5.64. The van der Waals surface area contributed by atoms with Crippen LogP contribution in [0.2, 0.25) is 0 Å². The van der Waals surface area contributed by atoms with Crippen LogP contribution >= 0.6 is 0 Å². The fourth-order valence-electron chi connectivity index (χ4n) is 1.79. The molecular formula is C13H9NO2. The summed E-state index contributed by atoms with van der Waals surface area (Å²) in [5, 5.41) is 0. The van der Waals surface area contributed by atoms with Gasteiger partial charge < -0.3 is 4.74 Å². The third-order valence-corrected chi connectivity index (χ3v) is 2.59. The highest BCUT2D eigenvalue weighted by atomic mass is 16.5. The van der Waals surface area contributed by atoms with Gasteiger partial charge in [0, 0.05) is 11.8 Å². The minimum Gasteiger partial charge on any atom is -0.438 e. The molecule has 0 fully saturated rings. The van der Waals surface area contributed by atoms with Crippen LogP contribution in [-0.2, 0) is 0 Å². The van der Waals surface area contributed by atoms with E-state index in [0.29, 0.717) is 17.2 Å². The summed E-state index contributed by atoms with van der Waals surface area (Å²) in [6.45, 7) is 0. The maximum absolute atomic E-state index is 11.9. The summed E-state index contributed by atoms with van der Waals surface area (Å²) in [5.41, 5.74) is 1.43. The van der Waals surface area contributed by atoms with E-state index in [1.165, 1.54) is 0 Å². The van der Waals surface area contributed by atoms with Crippen molar-refractivity contribution in [1.29, 1.82) is 0 Å². The highest BCUT2D eigenvalue weighted by molar-refractivity contribution is 6.07. The average Bonchev–Trinajstić information content (AvgIpc) is 2.45. The second-order valence-electron chi connectivity index (χ2n) is 3.66. The Balaban J connectivity index is 2.17. The van der Waals surface area contributed by atoms with Gasteiger partial charge in [-0.1, -0.05) is 12.2 Å². The normalized spacial score (nSPS) is 17.6. The Bertz CT molecular complexity index is 553. The van der Waals surface area contributed by atoms with Gasteiger partial charge in [-0.25, -0.2) is 4.98 Å². The lowest BCUT2D eigenvalue weighted by atomic mass is 10.0. The summed E-state index contributed by atoms with van der Waals surface area (Å²) in [7, 11) is 0. The molecule has 1 aromatic heterocycles. The summed E-state index contributed by atoms with van der Waals surface area (Å²) in [6.07, 6.45) is 9.75. The van der Waals surface area contributed by atoms with E-state index in [-0.39, 0.29) is 5.78 Å². The molecule has 0 bridgehead atoms. The van der Waals surface area contributed by atoms with E-state index < -0.39 is 0 Å². The molecule has 2 aliphatic rings. The van der Waals surface area contributed by atoms with E-state index in [2.05, 4.69) is 4.98 Å². The van der Waals surface area contributed by atoms with E-state index in [9.17, 15) is 4.79 Å². The van der Waals surface area contributed by atoms with Crippen LogP contribution in [0.5, 0.6) is 5.88 Å². The van der Waals surface area contributed by atoms with Crippen molar-refractivity contribution in [3.8, 4) is 5.88 Å². The first-order chi connectivity index (χ1) is 7.84. The van der Waals surface area contributed by atoms with Gasteiger partial charge in [-0.2, -0.15) is 0 Å². The second-order valence-corrected chi connectivity index (χ2v) is 3.66. The molecule has 1 aromatic rings. The van der Waals surface area contributed by atoms with Crippen molar-refractivity contribution in [3.63, 3.8) is 0 Å². The van der Waals surface area contributed by atoms with Gasteiger partial charge in [0.05, 0.1) is 5.56 Å². The molecule has 2 heterocycles. The molecule has 16 heavy (non-hydrogen) atoms. The van der Waals surface area contributed by atoms with Crippen molar-refractivity contribution in [2.75, 3.05) is 0 Å². The van der Waals surface area contributed by atoms with Crippen molar-refractivity contribution < 1.29 is 9.53 Å². The standard InChI is InChI=1S/C13H9NO2/c15-11-8-9-4-1-2-6-12(9)16-13-10(11)5-3-7-14-13/h1-3,5-8H,4H2. The molecule has 1 aliphatic carbocycles. The van der Waals surface area contributed by atoms with Crippen LogP contribution in [0, 0.1) is 0 Å². The number of fused-ring (bicyclic) bond motifs is 2. The van der Waals surface area contributed by atoms with Gasteiger partial charge in [0.1, 0.15) is 5.76 Å². The van der Waals surface area contributed by atoms with Crippen molar-refractivity contribution >= 4 is 5.78 Å². The number of hydrogen-bond donors (Lipinski definition) is 0. The number of carbonyl (C=O) groups excluding carboxylic acids is 1. The first-order valence-electron chi connectivity index (χ1n) is 5.09. The van der Waals surface area contributed by atoms with E-state index in [4.69, 9.17) is 4.74 Å². The quantitative estimate of drug-likeness (QED) is 0.661. The lowest BCUT2D eigenvalue weighted by Crippen LogP contribution is -2.01. The van der Waals surface area contributed by atoms with Crippen molar-refractivity contribution in [2.24, 2.45) is 0 Å². The number of aromatic nitrogens is 1. The van der Waals surface area contributed by atoms with Gasteiger partial charge in [-0.3, -0.25) is 4.79 Å². The van der Waals surface area contributed by atoms with Gasteiger partial charge in [0.15, 0.2) is 5.78 Å². The topological polar surface area (TPSA) is 39.2 Å². The Morgan fingerprint density at radius 1 is 1.38 bits per heavy atom. The number of pyridine rings is 1. The number of rotatable bonds is 0. The molecule has 3 rings (SSSR count). The highest BCUT2D eigenvalue weighted by Crippen LogP contribution is 2.29. The van der Waals surface area contributed by atoms with E-state index in [0.717, 1.165) is 12.0 Å². The zero-order chi connectivity index (χ0) is 11.0. The fourth-order valence-corrected chi connectivity index (χ4v) is 1.79. The summed E-state index contributed by atoms with van der Waals surface area (Å²) in [4.78, 5) is 16.0. The number of hydrogen-bond acceptors (Lipinski definition) is 3. The molecule has 0 aromatic carbocycles. The molecule has 0 unspecified atom stereocenters. The summed E-state index contributed by atoms with van der Waals surface area (Å²) in [5.74, 6) is 1.06. The minimum atomic E-state index is -0.0446. The van der Waals surface area contributed by atoms with Gasteiger partial charge in [-0.15, -0.1) is 0 Å². The van der Waals surface area contributed by atoms with Crippen LogP contribution in [0.3, 0.4) is 0 Å². The Morgan fingerprint density at radius 2 is 2.31 bits per heavy atom. The predicted octanol–water partition coefficient (Wildman–Crippen LogP) is 2.43. The van der Waals surface area contributed by atoms with Crippen molar-refractivity contribution in [3.05, 3.63) is 59.5 Å². The number of ketones is 1. The van der Waals surface area contributed by atoms with E-state index >= 15 is 0 Å². The molecular weight excluding hydrogens is 202 g/mol. The van der Waals surface area contributed by atoms with Gasteiger partial charge in [0.25, 0.3) is 0 Å². The Kier molecular flexibility index (Phi) is 1.96. The van der Waals surface area contributed by atoms with Gasteiger partial charge in [-0.05, 0) is 30.7 Å². The molecule has 0 atom stereocenters. The smallest absolute Gasteiger partial charge is 0.230 e. The fraction of sp³-hybridized carbons (Fsp3) is 0.0769. The number of nitrogens with zero attached hydrogens (tertiary/aromatic N) is 1. The van der Waals surface area contributed by atoms with Gasteiger partial charge >= 0.3 is 0 Å². The molecule has 0 radical (unpaired) electrons. The van der Waals surface area contributed by atoms with Crippen LogP contribution in [0.4, 0.5) is 0 Å². The van der Waals surface area contributed by atoms with Crippen LogP contribution in [0.1, 0.15) is 16.8 Å². The maximum atomic E-state index is 11.9. The van der Waals surface area contributed by atoms with Gasteiger partial charge in [0.2, 0.25) is 5.88 Å². The number of allylic oxidation sites excluding steroid dienone is 5. The molecule has 3 heteroatoms. The van der Waals surface area contributed by atoms with Crippen LogP contribution in [0.25, 0.3) is 0 Å². The number of ether oxygens (including phenoxy) is 1. The molecule has 0 N–H and O–H groups in total. The molecule has 78 valence electrons. The third kappa shape index (κ3) is 1.37. The molecule has 3 nitrogen and oxygen atoms in total. The Morgan fingerprint density at radius 3 is 3.25 bits per heavy atom. The first-order valence-corrected chi connectivity index (χ1v) is 5.09. The zero-order valence-electron chi connectivity index (χ0n) is 8.51. The number of carbonyl (C=O) groups is 1. The first kappa shape index (κ1) is 9.09. The predicted molar refractivity (Wildman–Crippen MR) is 59.1 cm³/mol. The summed E-state index contributed by atoms with van der Waals surface area (Å²) >= 11 is 0. The SMILES string of the molecule is O=C1C=C2CC=CC=C2Oc2ncccc21. The highest BCUT2D eigenvalue weighted by Gasteiger charge is 2.21. The largest absolute Gasteiger partial charge is 0.438 e. The third-order valence-electron chi connectivity index (χ3n) is 2.59. The van der Waals surface area contributed by atoms with Crippen molar-refractivity contribution in [1.82, 2.24) is 4.98 Å². The lowest BCUT2D eigenvalue weighted by Gasteiger charge is -2.11. The second kappa shape index (κ2) is 3.45. The molecule has 0 spiro atoms. The van der Waals surface area contributed by atoms with Crippen molar-refractivity contribution in [2.45, 2.75) is 6.42 Å². The molecule has 0 saturated heterocycles.